The third kappa shape index (κ3) is 3.68. The van der Waals surface area contributed by atoms with E-state index in [9.17, 15) is 4.39 Å². The van der Waals surface area contributed by atoms with Crippen LogP contribution in [-0.4, -0.2) is 4.57 Å². The third-order valence-corrected chi connectivity index (χ3v) is 5.58. The summed E-state index contributed by atoms with van der Waals surface area (Å²) in [6.07, 6.45) is 2.22. The van der Waals surface area contributed by atoms with Crippen molar-refractivity contribution >= 4 is 22.7 Å². The Balaban J connectivity index is 1.63. The maximum atomic E-state index is 13.4. The van der Waals surface area contributed by atoms with Crippen molar-refractivity contribution in [3.05, 3.63) is 102 Å². The van der Waals surface area contributed by atoms with Crippen LogP contribution in [-0.2, 0) is 12.3 Å². The summed E-state index contributed by atoms with van der Waals surface area (Å²) >= 11 is 1.76. The Morgan fingerprint density at radius 2 is 1.69 bits per heavy atom. The molecule has 0 N–H and O–H groups in total. The number of rotatable bonds is 5. The molecule has 0 unspecified atom stereocenters. The molecule has 26 heavy (non-hydrogen) atoms. The van der Waals surface area contributed by atoms with E-state index in [0.717, 1.165) is 17.9 Å². The number of thioether (sulfide) groups is 1. The van der Waals surface area contributed by atoms with E-state index in [-0.39, 0.29) is 5.82 Å². The molecule has 0 amide bonds. The Morgan fingerprint density at radius 1 is 0.885 bits per heavy atom. The number of benzene rings is 3. The molecule has 0 saturated heterocycles. The highest BCUT2D eigenvalue weighted by Crippen LogP contribution is 2.32. The van der Waals surface area contributed by atoms with Crippen molar-refractivity contribution in [2.75, 3.05) is 0 Å². The first kappa shape index (κ1) is 16.9. The van der Waals surface area contributed by atoms with Gasteiger partial charge in [0.05, 0.1) is 0 Å². The third-order valence-electron chi connectivity index (χ3n) is 4.47. The van der Waals surface area contributed by atoms with E-state index >= 15 is 0 Å². The van der Waals surface area contributed by atoms with Crippen LogP contribution in [0.1, 0.15) is 16.7 Å². The summed E-state index contributed by atoms with van der Waals surface area (Å²) in [5.74, 6) is 0.584. The number of hydrogen-bond acceptors (Lipinski definition) is 1. The van der Waals surface area contributed by atoms with Gasteiger partial charge in [-0.15, -0.1) is 11.8 Å². The molecule has 3 heteroatoms. The molecule has 0 fully saturated rings. The molecule has 0 aliphatic heterocycles. The van der Waals surface area contributed by atoms with Crippen molar-refractivity contribution < 1.29 is 4.39 Å². The fourth-order valence-corrected chi connectivity index (χ4v) is 4.29. The van der Waals surface area contributed by atoms with Crippen LogP contribution in [0.15, 0.2) is 83.9 Å². The molecule has 130 valence electrons. The molecule has 0 saturated carbocycles. The zero-order valence-corrected chi connectivity index (χ0v) is 15.5. The molecule has 0 bridgehead atoms. The second kappa shape index (κ2) is 7.38. The first-order valence-electron chi connectivity index (χ1n) is 8.70. The van der Waals surface area contributed by atoms with Crippen molar-refractivity contribution in [3.8, 4) is 0 Å². The van der Waals surface area contributed by atoms with Crippen LogP contribution in [0.4, 0.5) is 4.39 Å². The predicted molar refractivity (Wildman–Crippen MR) is 108 cm³/mol. The van der Waals surface area contributed by atoms with Crippen LogP contribution in [0.25, 0.3) is 10.9 Å². The van der Waals surface area contributed by atoms with Gasteiger partial charge in [0, 0.05) is 34.3 Å². The average molecular weight is 361 g/mol. The van der Waals surface area contributed by atoms with E-state index in [1.165, 1.54) is 33.0 Å². The largest absolute Gasteiger partial charge is 0.342 e. The van der Waals surface area contributed by atoms with E-state index in [1.807, 2.05) is 6.07 Å². The summed E-state index contributed by atoms with van der Waals surface area (Å²) in [6.45, 7) is 2.97. The summed E-state index contributed by atoms with van der Waals surface area (Å²) in [4.78, 5) is 1.23. The molecule has 1 aromatic heterocycles. The average Bonchev–Trinajstić information content (AvgIpc) is 2.98. The van der Waals surface area contributed by atoms with Crippen LogP contribution < -0.4 is 0 Å². The minimum atomic E-state index is -0.176. The summed E-state index contributed by atoms with van der Waals surface area (Å²) in [5.41, 5.74) is 4.81. The molecule has 1 nitrogen and oxygen atoms in total. The number of aryl methyl sites for hydroxylation is 1. The van der Waals surface area contributed by atoms with Crippen LogP contribution in [0.2, 0.25) is 0 Å². The van der Waals surface area contributed by atoms with Crippen LogP contribution in [0.5, 0.6) is 0 Å². The molecular formula is C23H20FNS. The molecular weight excluding hydrogens is 341 g/mol. The molecule has 0 aliphatic rings. The Labute approximate surface area is 157 Å². The van der Waals surface area contributed by atoms with Gasteiger partial charge >= 0.3 is 0 Å². The van der Waals surface area contributed by atoms with E-state index < -0.39 is 0 Å². The maximum Gasteiger partial charge on any atom is 0.123 e. The lowest BCUT2D eigenvalue weighted by Gasteiger charge is -2.06. The quantitative estimate of drug-likeness (QED) is 0.371. The van der Waals surface area contributed by atoms with Crippen LogP contribution in [0, 0.1) is 12.7 Å². The van der Waals surface area contributed by atoms with Gasteiger partial charge in [0.25, 0.3) is 0 Å². The summed E-state index contributed by atoms with van der Waals surface area (Å²) in [5, 5.41) is 1.25. The Bertz CT molecular complexity index is 1050. The fraction of sp³-hybridized carbons (Fsp3) is 0.130. The normalized spacial score (nSPS) is 11.2. The molecule has 0 aliphatic carbocycles. The number of aromatic nitrogens is 1. The Kier molecular flexibility index (Phi) is 4.81. The van der Waals surface area contributed by atoms with E-state index in [0.29, 0.717) is 0 Å². The van der Waals surface area contributed by atoms with Gasteiger partial charge < -0.3 is 4.57 Å². The van der Waals surface area contributed by atoms with Gasteiger partial charge in [0.2, 0.25) is 0 Å². The highest BCUT2D eigenvalue weighted by Gasteiger charge is 2.09. The van der Waals surface area contributed by atoms with Gasteiger partial charge in [-0.05, 0) is 36.2 Å². The second-order valence-corrected chi connectivity index (χ2v) is 7.56. The second-order valence-electron chi connectivity index (χ2n) is 6.55. The lowest BCUT2D eigenvalue weighted by atomic mass is 10.1. The van der Waals surface area contributed by atoms with Gasteiger partial charge in [-0.2, -0.15) is 0 Å². The lowest BCUT2D eigenvalue weighted by molar-refractivity contribution is 0.626. The summed E-state index contributed by atoms with van der Waals surface area (Å²) < 4.78 is 15.7. The SMILES string of the molecule is Cc1cccc(Cn2cc(SCc3cccc(F)c3)c3ccccc32)c1. The van der Waals surface area contributed by atoms with Crippen LogP contribution >= 0.6 is 11.8 Å². The van der Waals surface area contributed by atoms with Crippen molar-refractivity contribution in [2.24, 2.45) is 0 Å². The standard InChI is InChI=1S/C23H20FNS/c1-17-6-4-7-18(12-17)14-25-15-23(21-10-2-3-11-22(21)25)26-16-19-8-5-9-20(24)13-19/h2-13,15H,14,16H2,1H3. The maximum absolute atomic E-state index is 13.4. The zero-order valence-electron chi connectivity index (χ0n) is 14.7. The number of nitrogens with zero attached hydrogens (tertiary/aromatic N) is 1. The minimum Gasteiger partial charge on any atom is -0.342 e. The van der Waals surface area contributed by atoms with Crippen molar-refractivity contribution in [3.63, 3.8) is 0 Å². The van der Waals surface area contributed by atoms with Crippen molar-refractivity contribution in [2.45, 2.75) is 24.1 Å². The molecule has 0 atom stereocenters. The molecule has 1 heterocycles. The van der Waals surface area contributed by atoms with E-state index in [2.05, 4.69) is 66.2 Å². The van der Waals surface area contributed by atoms with Gasteiger partial charge in [-0.1, -0.05) is 60.2 Å². The monoisotopic (exact) mass is 361 g/mol. The van der Waals surface area contributed by atoms with Gasteiger partial charge in [0.1, 0.15) is 5.82 Å². The topological polar surface area (TPSA) is 4.93 Å². The number of para-hydroxylation sites is 1. The molecule has 4 aromatic rings. The lowest BCUT2D eigenvalue weighted by Crippen LogP contribution is -1.97. The first-order valence-corrected chi connectivity index (χ1v) is 9.68. The number of halogens is 1. The van der Waals surface area contributed by atoms with Crippen molar-refractivity contribution in [1.29, 1.82) is 0 Å². The van der Waals surface area contributed by atoms with Crippen LogP contribution in [0.3, 0.4) is 0 Å². The molecule has 0 radical (unpaired) electrons. The zero-order chi connectivity index (χ0) is 17.9. The predicted octanol–water partition coefficient (Wildman–Crippen LogP) is 6.43. The molecule has 4 rings (SSSR count). The van der Waals surface area contributed by atoms with E-state index in [4.69, 9.17) is 0 Å². The van der Waals surface area contributed by atoms with Crippen molar-refractivity contribution in [1.82, 2.24) is 4.57 Å². The highest BCUT2D eigenvalue weighted by atomic mass is 32.2. The summed E-state index contributed by atoms with van der Waals surface area (Å²) in [6, 6.07) is 24.0. The molecule has 3 aromatic carbocycles. The first-order chi connectivity index (χ1) is 12.7. The van der Waals surface area contributed by atoms with Gasteiger partial charge in [-0.25, -0.2) is 4.39 Å². The molecule has 0 spiro atoms. The van der Waals surface area contributed by atoms with E-state index in [1.54, 1.807) is 23.9 Å². The van der Waals surface area contributed by atoms with Gasteiger partial charge in [0.15, 0.2) is 0 Å². The minimum absolute atomic E-state index is 0.176. The number of fused-ring (bicyclic) bond motifs is 1. The highest BCUT2D eigenvalue weighted by molar-refractivity contribution is 7.98. The smallest absolute Gasteiger partial charge is 0.123 e. The Hall–Kier alpha value is -2.52. The summed E-state index contributed by atoms with van der Waals surface area (Å²) in [7, 11) is 0. The number of hydrogen-bond donors (Lipinski definition) is 0. The van der Waals surface area contributed by atoms with Gasteiger partial charge in [-0.3, -0.25) is 0 Å². The fourth-order valence-electron chi connectivity index (χ4n) is 3.25. The Morgan fingerprint density at radius 3 is 2.54 bits per heavy atom.